The molecule has 0 spiro atoms. The molecule has 0 saturated heterocycles. The average molecular weight is 411 g/mol. The molecular formula is C26H38N2O2. The van der Waals surface area contributed by atoms with E-state index in [-0.39, 0.29) is 5.91 Å². The van der Waals surface area contributed by atoms with Crippen LogP contribution >= 0.6 is 0 Å². The first-order valence-corrected chi connectivity index (χ1v) is 11.4. The summed E-state index contributed by atoms with van der Waals surface area (Å²) in [6.45, 7) is 6.54. The van der Waals surface area contributed by atoms with Crippen molar-refractivity contribution >= 4 is 5.91 Å². The fraction of sp³-hybridized carbons (Fsp3) is 0.500. The summed E-state index contributed by atoms with van der Waals surface area (Å²) < 4.78 is 5.84. The number of amides is 1. The number of rotatable bonds is 14. The van der Waals surface area contributed by atoms with Crippen LogP contribution in [0.5, 0.6) is 5.75 Å². The molecule has 0 aliphatic heterocycles. The van der Waals surface area contributed by atoms with Crippen molar-refractivity contribution in [1.29, 1.82) is 0 Å². The molecule has 2 aromatic carbocycles. The van der Waals surface area contributed by atoms with Crippen molar-refractivity contribution in [3.8, 4) is 5.75 Å². The summed E-state index contributed by atoms with van der Waals surface area (Å²) in [7, 11) is 0. The Balaban J connectivity index is 1.86. The van der Waals surface area contributed by atoms with Gasteiger partial charge in [-0.3, -0.25) is 4.79 Å². The first-order valence-electron chi connectivity index (χ1n) is 11.4. The second kappa shape index (κ2) is 13.8. The molecule has 1 amide bonds. The Bertz CT molecular complexity index is 706. The van der Waals surface area contributed by atoms with Crippen molar-refractivity contribution in [1.82, 2.24) is 4.90 Å². The summed E-state index contributed by atoms with van der Waals surface area (Å²) in [4.78, 5) is 14.9. The first-order chi connectivity index (χ1) is 14.6. The molecule has 0 fully saturated rings. The maximum atomic E-state index is 12.9. The first kappa shape index (κ1) is 23.9. The highest BCUT2D eigenvalue weighted by atomic mass is 16.5. The van der Waals surface area contributed by atoms with Crippen LogP contribution in [0.2, 0.25) is 0 Å². The molecule has 0 radical (unpaired) electrons. The number of carbonyl (C=O) groups is 1. The van der Waals surface area contributed by atoms with E-state index < -0.39 is 6.04 Å². The highest BCUT2D eigenvalue weighted by Crippen LogP contribution is 2.16. The fourth-order valence-corrected chi connectivity index (χ4v) is 3.48. The number of nitrogens with two attached hydrogens (primary N) is 1. The van der Waals surface area contributed by atoms with Crippen molar-refractivity contribution in [2.75, 3.05) is 13.1 Å². The maximum absolute atomic E-state index is 12.9. The molecule has 0 aliphatic carbocycles. The van der Waals surface area contributed by atoms with E-state index in [1.807, 2.05) is 59.5 Å². The third-order valence-corrected chi connectivity index (χ3v) is 5.32. The Kier molecular flexibility index (Phi) is 11.0. The minimum absolute atomic E-state index is 0.0756. The number of hydrogen-bond donors (Lipinski definition) is 1. The molecule has 2 aromatic rings. The summed E-state index contributed by atoms with van der Waals surface area (Å²) >= 11 is 0. The summed E-state index contributed by atoms with van der Waals surface area (Å²) in [5, 5.41) is 0. The van der Waals surface area contributed by atoms with Crippen LogP contribution in [0.15, 0.2) is 54.6 Å². The van der Waals surface area contributed by atoms with Crippen molar-refractivity contribution in [2.24, 2.45) is 5.73 Å². The topological polar surface area (TPSA) is 55.6 Å². The van der Waals surface area contributed by atoms with Gasteiger partial charge in [0.25, 0.3) is 0 Å². The molecule has 0 saturated carbocycles. The van der Waals surface area contributed by atoms with Gasteiger partial charge in [-0.1, -0.05) is 82.0 Å². The predicted octanol–water partition coefficient (Wildman–Crippen LogP) is 5.34. The van der Waals surface area contributed by atoms with E-state index in [1.54, 1.807) is 0 Å². The van der Waals surface area contributed by atoms with Crippen LogP contribution in [-0.2, 0) is 17.8 Å². The van der Waals surface area contributed by atoms with Gasteiger partial charge in [0, 0.05) is 13.1 Å². The molecule has 4 nitrogen and oxygen atoms in total. The number of carbonyl (C=O) groups excluding carboxylic acids is 1. The quantitative estimate of drug-likeness (QED) is 0.427. The molecule has 2 N–H and O–H groups in total. The molecule has 0 bridgehead atoms. The molecule has 0 unspecified atom stereocenters. The minimum atomic E-state index is -0.496. The van der Waals surface area contributed by atoms with Gasteiger partial charge >= 0.3 is 0 Å². The van der Waals surface area contributed by atoms with Crippen molar-refractivity contribution in [3.63, 3.8) is 0 Å². The summed E-state index contributed by atoms with van der Waals surface area (Å²) in [5.74, 6) is 0.898. The van der Waals surface area contributed by atoms with E-state index in [9.17, 15) is 4.79 Å². The largest absolute Gasteiger partial charge is 0.489 e. The Morgan fingerprint density at radius 3 is 2.03 bits per heavy atom. The van der Waals surface area contributed by atoms with Crippen LogP contribution in [0.4, 0.5) is 0 Å². The summed E-state index contributed by atoms with van der Waals surface area (Å²) in [5.41, 5.74) is 8.51. The SMILES string of the molecule is CCCCCN(CCCCC)C(=O)[C@H](N)Cc1ccc(OCc2ccccc2)cc1. The van der Waals surface area contributed by atoms with Crippen LogP contribution in [0, 0.1) is 0 Å². The van der Waals surface area contributed by atoms with E-state index in [1.165, 1.54) is 0 Å². The number of nitrogens with zero attached hydrogens (tertiary/aromatic N) is 1. The van der Waals surface area contributed by atoms with Crippen molar-refractivity contribution in [2.45, 2.75) is 71.4 Å². The second-order valence-electron chi connectivity index (χ2n) is 7.97. The molecule has 4 heteroatoms. The summed E-state index contributed by atoms with van der Waals surface area (Å²) in [6.07, 6.45) is 7.26. The smallest absolute Gasteiger partial charge is 0.239 e. The summed E-state index contributed by atoms with van der Waals surface area (Å²) in [6, 6.07) is 17.5. The van der Waals surface area contributed by atoms with Gasteiger partial charge in [0.15, 0.2) is 0 Å². The lowest BCUT2D eigenvalue weighted by Gasteiger charge is -2.26. The second-order valence-corrected chi connectivity index (χ2v) is 7.97. The average Bonchev–Trinajstić information content (AvgIpc) is 2.78. The van der Waals surface area contributed by atoms with Gasteiger partial charge in [0.2, 0.25) is 5.91 Å². The minimum Gasteiger partial charge on any atom is -0.489 e. The lowest BCUT2D eigenvalue weighted by molar-refractivity contribution is -0.132. The monoisotopic (exact) mass is 410 g/mol. The van der Waals surface area contributed by atoms with Crippen LogP contribution in [0.1, 0.15) is 63.5 Å². The zero-order valence-corrected chi connectivity index (χ0v) is 18.7. The van der Waals surface area contributed by atoms with Gasteiger partial charge in [0.05, 0.1) is 6.04 Å². The molecule has 0 aromatic heterocycles. The Morgan fingerprint density at radius 1 is 0.867 bits per heavy atom. The number of hydrogen-bond acceptors (Lipinski definition) is 3. The molecule has 0 heterocycles. The molecule has 164 valence electrons. The molecule has 0 aliphatic rings. The van der Waals surface area contributed by atoms with Crippen molar-refractivity contribution in [3.05, 3.63) is 65.7 Å². The van der Waals surface area contributed by atoms with Gasteiger partial charge < -0.3 is 15.4 Å². The van der Waals surface area contributed by atoms with Gasteiger partial charge in [-0.15, -0.1) is 0 Å². The van der Waals surface area contributed by atoms with Crippen LogP contribution in [0.3, 0.4) is 0 Å². The number of ether oxygens (including phenoxy) is 1. The lowest BCUT2D eigenvalue weighted by atomic mass is 10.0. The van der Waals surface area contributed by atoms with E-state index >= 15 is 0 Å². The van der Waals surface area contributed by atoms with Crippen LogP contribution in [0.25, 0.3) is 0 Å². The molecule has 1 atom stereocenters. The van der Waals surface area contributed by atoms with E-state index in [4.69, 9.17) is 10.5 Å². The van der Waals surface area contributed by atoms with Crippen LogP contribution in [-0.4, -0.2) is 29.9 Å². The van der Waals surface area contributed by atoms with E-state index in [0.717, 1.165) is 68.5 Å². The maximum Gasteiger partial charge on any atom is 0.239 e. The molecular weight excluding hydrogens is 372 g/mol. The Hall–Kier alpha value is -2.33. The number of unbranched alkanes of at least 4 members (excludes halogenated alkanes) is 4. The predicted molar refractivity (Wildman–Crippen MR) is 125 cm³/mol. The third kappa shape index (κ3) is 8.58. The van der Waals surface area contributed by atoms with E-state index in [0.29, 0.717) is 13.0 Å². The highest BCUT2D eigenvalue weighted by Gasteiger charge is 2.20. The van der Waals surface area contributed by atoms with Gasteiger partial charge in [-0.05, 0) is 42.5 Å². The molecule has 2 rings (SSSR count). The zero-order chi connectivity index (χ0) is 21.6. The van der Waals surface area contributed by atoms with Gasteiger partial charge in [-0.2, -0.15) is 0 Å². The normalized spacial score (nSPS) is 11.8. The van der Waals surface area contributed by atoms with E-state index in [2.05, 4.69) is 13.8 Å². The van der Waals surface area contributed by atoms with Gasteiger partial charge in [0.1, 0.15) is 12.4 Å². The standard InChI is InChI=1S/C26H38N2O2/c1-3-5-10-18-28(19-11-6-4-2)26(29)25(27)20-22-14-16-24(17-15-22)30-21-23-12-8-7-9-13-23/h7-9,12-17,25H,3-6,10-11,18-21,27H2,1-2H3/t25-/m1/s1. The van der Waals surface area contributed by atoms with Crippen molar-refractivity contribution < 1.29 is 9.53 Å². The zero-order valence-electron chi connectivity index (χ0n) is 18.7. The lowest BCUT2D eigenvalue weighted by Crippen LogP contribution is -2.45. The Morgan fingerprint density at radius 2 is 1.47 bits per heavy atom. The fourth-order valence-electron chi connectivity index (χ4n) is 3.48. The Labute approximate surface area is 182 Å². The third-order valence-electron chi connectivity index (χ3n) is 5.32. The molecule has 30 heavy (non-hydrogen) atoms. The van der Waals surface area contributed by atoms with Crippen LogP contribution < -0.4 is 10.5 Å². The number of benzene rings is 2. The van der Waals surface area contributed by atoms with Gasteiger partial charge in [-0.25, -0.2) is 0 Å². The highest BCUT2D eigenvalue weighted by molar-refractivity contribution is 5.82.